The van der Waals surface area contributed by atoms with E-state index in [2.05, 4.69) is 23.8 Å². The number of fused-ring (bicyclic) bond motifs is 1. The SMILES string of the molecule is CCCC(CCC)n1c(=O)cnc2cc(C)cnc21. The van der Waals surface area contributed by atoms with Gasteiger partial charge in [-0.15, -0.1) is 0 Å². The van der Waals surface area contributed by atoms with E-state index < -0.39 is 0 Å². The zero-order chi connectivity index (χ0) is 13.8. The van der Waals surface area contributed by atoms with Crippen LogP contribution in [0.4, 0.5) is 0 Å². The van der Waals surface area contributed by atoms with Crippen molar-refractivity contribution in [3.8, 4) is 0 Å². The van der Waals surface area contributed by atoms with Crippen LogP contribution in [0.2, 0.25) is 0 Å². The van der Waals surface area contributed by atoms with Crippen LogP contribution in [-0.2, 0) is 0 Å². The van der Waals surface area contributed by atoms with E-state index in [9.17, 15) is 4.79 Å². The quantitative estimate of drug-likeness (QED) is 0.828. The third-order valence-corrected chi connectivity index (χ3v) is 3.37. The van der Waals surface area contributed by atoms with Gasteiger partial charge in [0, 0.05) is 12.2 Å². The van der Waals surface area contributed by atoms with Crippen molar-refractivity contribution in [2.24, 2.45) is 0 Å². The van der Waals surface area contributed by atoms with Crippen molar-refractivity contribution in [3.05, 3.63) is 34.4 Å². The number of pyridine rings is 1. The summed E-state index contributed by atoms with van der Waals surface area (Å²) in [6.07, 6.45) is 7.35. The Balaban J connectivity index is 2.62. The highest BCUT2D eigenvalue weighted by Gasteiger charge is 2.15. The van der Waals surface area contributed by atoms with E-state index in [0.717, 1.165) is 36.8 Å². The Bertz CT molecular complexity index is 612. The Morgan fingerprint density at radius 1 is 1.16 bits per heavy atom. The van der Waals surface area contributed by atoms with E-state index in [1.165, 1.54) is 6.20 Å². The molecule has 0 bridgehead atoms. The van der Waals surface area contributed by atoms with Gasteiger partial charge in [0.2, 0.25) is 0 Å². The smallest absolute Gasteiger partial charge is 0.270 e. The normalized spacial score (nSPS) is 11.4. The topological polar surface area (TPSA) is 47.8 Å². The summed E-state index contributed by atoms with van der Waals surface area (Å²) in [5.41, 5.74) is 2.53. The molecule has 2 rings (SSSR count). The fourth-order valence-corrected chi connectivity index (χ4v) is 2.54. The molecule has 0 N–H and O–H groups in total. The van der Waals surface area contributed by atoms with Gasteiger partial charge in [0.25, 0.3) is 5.56 Å². The van der Waals surface area contributed by atoms with E-state index in [4.69, 9.17) is 0 Å². The largest absolute Gasteiger partial charge is 0.287 e. The van der Waals surface area contributed by atoms with E-state index in [1.807, 2.05) is 17.6 Å². The molecule has 0 fully saturated rings. The fraction of sp³-hybridized carbons (Fsp3) is 0.533. The number of aryl methyl sites for hydroxylation is 1. The molecule has 19 heavy (non-hydrogen) atoms. The van der Waals surface area contributed by atoms with Crippen LogP contribution in [0.25, 0.3) is 11.2 Å². The van der Waals surface area contributed by atoms with Gasteiger partial charge in [-0.05, 0) is 31.4 Å². The predicted molar refractivity (Wildman–Crippen MR) is 77.4 cm³/mol. The van der Waals surface area contributed by atoms with Gasteiger partial charge in [-0.2, -0.15) is 0 Å². The zero-order valence-corrected chi connectivity index (χ0v) is 11.9. The standard InChI is InChI=1S/C15H21N3O/c1-4-6-12(7-5-2)18-14(19)10-16-13-8-11(3)9-17-15(13)18/h8-10,12H,4-7H2,1-3H3. The first-order valence-electron chi connectivity index (χ1n) is 7.01. The van der Waals surface area contributed by atoms with Gasteiger partial charge >= 0.3 is 0 Å². The summed E-state index contributed by atoms with van der Waals surface area (Å²) < 4.78 is 1.83. The minimum atomic E-state index is -0.0456. The molecule has 2 aromatic rings. The van der Waals surface area contributed by atoms with Crippen molar-refractivity contribution in [1.82, 2.24) is 14.5 Å². The highest BCUT2D eigenvalue weighted by molar-refractivity contribution is 5.70. The van der Waals surface area contributed by atoms with Gasteiger partial charge in [0.1, 0.15) is 5.52 Å². The number of aromatic nitrogens is 3. The molecular weight excluding hydrogens is 238 g/mol. The van der Waals surface area contributed by atoms with Crippen molar-refractivity contribution in [2.75, 3.05) is 0 Å². The molecule has 0 saturated carbocycles. The van der Waals surface area contributed by atoms with Crippen molar-refractivity contribution in [1.29, 1.82) is 0 Å². The Morgan fingerprint density at radius 3 is 2.47 bits per heavy atom. The monoisotopic (exact) mass is 259 g/mol. The number of rotatable bonds is 5. The molecule has 0 radical (unpaired) electrons. The first kappa shape index (κ1) is 13.7. The molecule has 2 aromatic heterocycles. The van der Waals surface area contributed by atoms with Gasteiger partial charge < -0.3 is 0 Å². The van der Waals surface area contributed by atoms with Gasteiger partial charge in [0.15, 0.2) is 5.65 Å². The van der Waals surface area contributed by atoms with Crippen molar-refractivity contribution >= 4 is 11.2 Å². The molecule has 0 amide bonds. The van der Waals surface area contributed by atoms with Crippen LogP contribution in [-0.4, -0.2) is 14.5 Å². The number of hydrogen-bond acceptors (Lipinski definition) is 3. The predicted octanol–water partition coefficient (Wildman–Crippen LogP) is 3.24. The van der Waals surface area contributed by atoms with Crippen molar-refractivity contribution in [3.63, 3.8) is 0 Å². The third-order valence-electron chi connectivity index (χ3n) is 3.37. The Labute approximate surface area is 113 Å². The van der Waals surface area contributed by atoms with E-state index in [1.54, 1.807) is 6.20 Å². The minimum Gasteiger partial charge on any atom is -0.287 e. The van der Waals surface area contributed by atoms with Gasteiger partial charge in [-0.3, -0.25) is 9.36 Å². The van der Waals surface area contributed by atoms with Gasteiger partial charge in [0.05, 0.1) is 6.20 Å². The minimum absolute atomic E-state index is 0.0456. The van der Waals surface area contributed by atoms with Crippen LogP contribution >= 0.6 is 0 Å². The first-order valence-corrected chi connectivity index (χ1v) is 7.01. The molecule has 0 aliphatic heterocycles. The highest BCUT2D eigenvalue weighted by Crippen LogP contribution is 2.21. The lowest BCUT2D eigenvalue weighted by Crippen LogP contribution is -2.26. The van der Waals surface area contributed by atoms with Crippen LogP contribution in [0.3, 0.4) is 0 Å². The summed E-state index contributed by atoms with van der Waals surface area (Å²) in [6, 6.07) is 2.20. The van der Waals surface area contributed by atoms with E-state index in [-0.39, 0.29) is 11.6 Å². The van der Waals surface area contributed by atoms with Crippen molar-refractivity contribution < 1.29 is 0 Å². The average Bonchev–Trinajstić information content (AvgIpc) is 2.39. The molecule has 0 aliphatic carbocycles. The third kappa shape index (κ3) is 2.83. The van der Waals surface area contributed by atoms with Crippen LogP contribution < -0.4 is 5.56 Å². The maximum Gasteiger partial charge on any atom is 0.270 e. The fourth-order valence-electron chi connectivity index (χ4n) is 2.54. The van der Waals surface area contributed by atoms with Crippen LogP contribution in [0, 0.1) is 6.92 Å². The molecule has 2 heterocycles. The maximum atomic E-state index is 12.2. The highest BCUT2D eigenvalue weighted by atomic mass is 16.1. The molecule has 102 valence electrons. The summed E-state index contributed by atoms with van der Waals surface area (Å²) in [7, 11) is 0. The lowest BCUT2D eigenvalue weighted by molar-refractivity contribution is 0.424. The summed E-state index contributed by atoms with van der Waals surface area (Å²) in [4.78, 5) is 20.8. The Hall–Kier alpha value is -1.71. The van der Waals surface area contributed by atoms with Gasteiger partial charge in [-0.1, -0.05) is 26.7 Å². The maximum absolute atomic E-state index is 12.2. The molecule has 4 nitrogen and oxygen atoms in total. The Morgan fingerprint density at radius 2 is 1.84 bits per heavy atom. The summed E-state index contributed by atoms with van der Waals surface area (Å²) in [5, 5.41) is 0. The molecule has 0 unspecified atom stereocenters. The number of nitrogens with zero attached hydrogens (tertiary/aromatic N) is 3. The lowest BCUT2D eigenvalue weighted by Gasteiger charge is -2.19. The van der Waals surface area contributed by atoms with Crippen LogP contribution in [0.15, 0.2) is 23.3 Å². The van der Waals surface area contributed by atoms with E-state index >= 15 is 0 Å². The summed E-state index contributed by atoms with van der Waals surface area (Å²) in [5.74, 6) is 0. The molecule has 0 spiro atoms. The van der Waals surface area contributed by atoms with Crippen LogP contribution in [0.1, 0.15) is 51.1 Å². The molecule has 0 aromatic carbocycles. The Kier molecular flexibility index (Phi) is 4.30. The molecule has 0 aliphatic rings. The zero-order valence-electron chi connectivity index (χ0n) is 11.9. The first-order chi connectivity index (χ1) is 9.17. The second-order valence-corrected chi connectivity index (χ2v) is 5.05. The summed E-state index contributed by atoms with van der Waals surface area (Å²) in [6.45, 7) is 6.28. The average molecular weight is 259 g/mol. The van der Waals surface area contributed by atoms with E-state index in [0.29, 0.717) is 5.65 Å². The molecule has 0 saturated heterocycles. The second kappa shape index (κ2) is 5.95. The van der Waals surface area contributed by atoms with Crippen LogP contribution in [0.5, 0.6) is 0 Å². The summed E-state index contributed by atoms with van der Waals surface area (Å²) >= 11 is 0. The molecule has 4 heteroatoms. The molecule has 0 atom stereocenters. The molecular formula is C15H21N3O. The lowest BCUT2D eigenvalue weighted by atomic mass is 10.1. The van der Waals surface area contributed by atoms with Gasteiger partial charge in [-0.25, -0.2) is 9.97 Å². The van der Waals surface area contributed by atoms with Crippen molar-refractivity contribution in [2.45, 2.75) is 52.5 Å². The second-order valence-electron chi connectivity index (χ2n) is 5.05. The number of hydrogen-bond donors (Lipinski definition) is 0.